The zero-order valence-corrected chi connectivity index (χ0v) is 30.0. The largest absolute Gasteiger partial charge is 0.452 e. The zero-order valence-electron chi connectivity index (χ0n) is 28.2. The van der Waals surface area contributed by atoms with Crippen LogP contribution in [0.3, 0.4) is 0 Å². The summed E-state index contributed by atoms with van der Waals surface area (Å²) in [6, 6.07) is 59.1. The summed E-state index contributed by atoms with van der Waals surface area (Å²) in [7, 11) is -3.38. The van der Waals surface area contributed by atoms with Crippen LogP contribution in [0.25, 0.3) is 15.9 Å². The fourth-order valence-corrected chi connectivity index (χ4v) is 18.6. The number of hydrogen-bond donors (Lipinski definition) is 0. The van der Waals surface area contributed by atoms with Gasteiger partial charge in [-0.1, -0.05) is 166 Å². The Balaban J connectivity index is 1.42. The van der Waals surface area contributed by atoms with Crippen LogP contribution in [0, 0.1) is 0 Å². The number of allylic oxidation sites excluding steroid dienone is 3. The number of benzene rings is 6. The van der Waals surface area contributed by atoms with Gasteiger partial charge in [-0.3, -0.25) is 0 Å². The summed E-state index contributed by atoms with van der Waals surface area (Å²) in [5.74, 6) is 2.14. The van der Waals surface area contributed by atoms with Crippen LogP contribution in [0.5, 0.6) is 11.5 Å². The minimum atomic E-state index is -2.49. The summed E-state index contributed by atoms with van der Waals surface area (Å²) in [5.41, 5.74) is 8.08. The maximum atomic E-state index is 7.54. The Bertz CT molecular complexity index is 2320. The fraction of sp³-hybridized carbons (Fsp3) is 0.106. The molecule has 0 fully saturated rings. The zero-order chi connectivity index (χ0) is 33.5. The smallest absolute Gasteiger partial charge is 0.174 e. The molecule has 4 aliphatic heterocycles. The molecule has 1 spiro atoms. The van der Waals surface area contributed by atoms with Crippen LogP contribution in [0.1, 0.15) is 52.9 Å². The van der Waals surface area contributed by atoms with Crippen molar-refractivity contribution >= 4 is 41.7 Å². The van der Waals surface area contributed by atoms with Crippen molar-refractivity contribution in [2.45, 2.75) is 30.6 Å². The van der Waals surface area contributed by atoms with Crippen molar-refractivity contribution in [1.29, 1.82) is 0 Å². The number of para-hydroxylation sites is 2. The van der Waals surface area contributed by atoms with Crippen molar-refractivity contribution in [3.63, 3.8) is 0 Å². The molecule has 0 amide bonds. The highest BCUT2D eigenvalue weighted by Gasteiger charge is 2.65. The van der Waals surface area contributed by atoms with Crippen molar-refractivity contribution in [2.24, 2.45) is 0 Å². The van der Waals surface area contributed by atoms with E-state index in [-0.39, 0.29) is 16.7 Å². The third-order valence-electron chi connectivity index (χ3n) is 11.3. The van der Waals surface area contributed by atoms with Crippen molar-refractivity contribution in [2.75, 3.05) is 0 Å². The normalized spacial score (nSPS) is 21.6. The van der Waals surface area contributed by atoms with E-state index in [1.165, 1.54) is 59.9 Å². The molecule has 4 bridgehead atoms. The molecule has 0 aliphatic carbocycles. The number of hydrogen-bond acceptors (Lipinski definition) is 1. The second kappa shape index (κ2) is 11.4. The van der Waals surface area contributed by atoms with Crippen molar-refractivity contribution in [3.05, 3.63) is 209 Å². The first kappa shape index (κ1) is 30.1. The van der Waals surface area contributed by atoms with Crippen LogP contribution >= 0.6 is 15.2 Å². The Morgan fingerprint density at radius 2 is 1.06 bits per heavy atom. The minimum Gasteiger partial charge on any atom is -0.452 e. The molecule has 0 N–H and O–H groups in total. The highest BCUT2D eigenvalue weighted by Crippen LogP contribution is 2.89. The first-order chi connectivity index (χ1) is 24.6. The van der Waals surface area contributed by atoms with Gasteiger partial charge in [0.25, 0.3) is 0 Å². The average molecular weight is 680 g/mol. The molecule has 4 aliphatic rings. The lowest BCUT2D eigenvalue weighted by atomic mass is 9.76. The maximum Gasteiger partial charge on any atom is 0.174 e. The molecule has 0 aromatic heterocycles. The predicted molar refractivity (Wildman–Crippen MR) is 214 cm³/mol. The van der Waals surface area contributed by atoms with Gasteiger partial charge in [-0.2, -0.15) is 0 Å². The molecular weight excluding hydrogens is 642 g/mol. The Labute approximate surface area is 296 Å². The van der Waals surface area contributed by atoms with Gasteiger partial charge in [-0.15, -0.1) is 0 Å². The lowest BCUT2D eigenvalue weighted by molar-refractivity contribution is 0.425. The summed E-state index contributed by atoms with van der Waals surface area (Å²) in [5, 5.41) is 7.06. The first-order valence-corrected chi connectivity index (χ1v) is 20.8. The molecule has 10 rings (SSSR count). The van der Waals surface area contributed by atoms with Gasteiger partial charge in [0.2, 0.25) is 0 Å². The van der Waals surface area contributed by atoms with E-state index < -0.39 is 15.2 Å². The molecule has 50 heavy (non-hydrogen) atoms. The van der Waals surface area contributed by atoms with Crippen LogP contribution in [-0.2, 0) is 5.41 Å². The standard InChI is InChI=1S/C47H37OP2/c1-47(2)36-25-15-27-38-44(36)48-45-37(47)26-16-28-42(45)50(40(33-19-9-4-10-20-33)29-30-41(50)34-21-11-5-12-22-34)43-31-39(32-17-7-3-8-18-32)49(38)46(43)35-23-13-6-14-24-35/h3-31,43,46H,1-2H3/q+1/t43?,46-,49?/m1/s1. The summed E-state index contributed by atoms with van der Waals surface area (Å²) in [4.78, 5) is 0. The Morgan fingerprint density at radius 3 is 1.66 bits per heavy atom. The molecule has 6 aromatic carbocycles. The van der Waals surface area contributed by atoms with E-state index in [9.17, 15) is 0 Å². The van der Waals surface area contributed by atoms with E-state index in [1.807, 2.05) is 0 Å². The summed E-state index contributed by atoms with van der Waals surface area (Å²) < 4.78 is 7.54. The predicted octanol–water partition coefficient (Wildman–Crippen LogP) is 12.1. The van der Waals surface area contributed by atoms with Crippen LogP contribution in [0.4, 0.5) is 0 Å². The lowest BCUT2D eigenvalue weighted by Crippen LogP contribution is -2.31. The van der Waals surface area contributed by atoms with Crippen LogP contribution in [0.2, 0.25) is 0 Å². The van der Waals surface area contributed by atoms with Gasteiger partial charge in [-0.05, 0) is 48.7 Å². The highest BCUT2D eigenvalue weighted by molar-refractivity contribution is 8.01. The molecule has 4 heterocycles. The van der Waals surface area contributed by atoms with E-state index >= 15 is 0 Å². The van der Waals surface area contributed by atoms with Gasteiger partial charge in [0.05, 0.1) is 5.66 Å². The van der Waals surface area contributed by atoms with E-state index in [0.717, 1.165) is 11.5 Å². The van der Waals surface area contributed by atoms with Crippen molar-refractivity contribution in [3.8, 4) is 11.5 Å². The van der Waals surface area contributed by atoms with Gasteiger partial charge in [0.1, 0.15) is 34.6 Å². The van der Waals surface area contributed by atoms with Crippen LogP contribution < -0.4 is 15.3 Å². The fourth-order valence-electron chi connectivity index (χ4n) is 9.12. The Morgan fingerprint density at radius 1 is 0.540 bits per heavy atom. The third kappa shape index (κ3) is 4.15. The van der Waals surface area contributed by atoms with Crippen LogP contribution in [0.15, 0.2) is 176 Å². The summed E-state index contributed by atoms with van der Waals surface area (Å²) in [6.45, 7) is 4.79. The number of ether oxygens (including phenoxy) is 1. The Hall–Kier alpha value is -4.80. The van der Waals surface area contributed by atoms with Crippen LogP contribution in [-0.4, -0.2) is 5.66 Å². The second-order valence-corrected chi connectivity index (χ2v) is 20.0. The maximum absolute atomic E-state index is 7.54. The molecular formula is C47H37OP2+. The highest BCUT2D eigenvalue weighted by atomic mass is 31.2. The quantitative estimate of drug-likeness (QED) is 0.169. The van der Waals surface area contributed by atoms with E-state index in [0.29, 0.717) is 0 Å². The van der Waals surface area contributed by atoms with Gasteiger partial charge in [0.15, 0.2) is 5.75 Å². The van der Waals surface area contributed by atoms with Crippen molar-refractivity contribution in [1.82, 2.24) is 0 Å². The molecule has 0 saturated carbocycles. The minimum absolute atomic E-state index is 0.194. The molecule has 3 heteroatoms. The van der Waals surface area contributed by atoms with E-state index in [1.54, 1.807) is 0 Å². The topological polar surface area (TPSA) is 9.23 Å². The molecule has 3 atom stereocenters. The first-order valence-electron chi connectivity index (χ1n) is 17.6. The SMILES string of the molecule is CC1(C)c2cccc3c2Oc2c1cccc2[P+]1(C(c2ccccc2)=CC=C1c1ccccc1)C1C=C(c2ccccc2)P3[C@@H]1c1ccccc1. The van der Waals surface area contributed by atoms with Gasteiger partial charge in [-0.25, -0.2) is 0 Å². The molecule has 240 valence electrons. The summed E-state index contributed by atoms with van der Waals surface area (Å²) >= 11 is 0. The molecule has 2 unspecified atom stereocenters. The van der Waals surface area contributed by atoms with E-state index in [4.69, 9.17) is 4.74 Å². The van der Waals surface area contributed by atoms with E-state index in [2.05, 4.69) is 190 Å². The molecule has 6 aromatic rings. The third-order valence-corrected chi connectivity index (χ3v) is 19.3. The summed E-state index contributed by atoms with van der Waals surface area (Å²) in [6.07, 6.45) is 7.68. The van der Waals surface area contributed by atoms with Gasteiger partial charge in [0, 0.05) is 33.0 Å². The number of fused-ring (bicyclic) bond motifs is 5. The Kier molecular flexibility index (Phi) is 6.83. The lowest BCUT2D eigenvalue weighted by Gasteiger charge is -2.39. The number of rotatable bonds is 4. The molecule has 1 nitrogen and oxygen atoms in total. The average Bonchev–Trinajstić information content (AvgIpc) is 3.77. The second-order valence-electron chi connectivity index (χ2n) is 14.2. The van der Waals surface area contributed by atoms with Gasteiger partial charge < -0.3 is 4.74 Å². The molecule has 0 radical (unpaired) electrons. The molecule has 0 saturated heterocycles. The van der Waals surface area contributed by atoms with Gasteiger partial charge >= 0.3 is 0 Å². The monoisotopic (exact) mass is 679 g/mol. The van der Waals surface area contributed by atoms with Crippen molar-refractivity contribution < 1.29 is 4.74 Å².